The first-order valence-electron chi connectivity index (χ1n) is 9.68. The molecule has 0 amide bonds. The molecule has 148 valence electrons. The third-order valence-electron chi connectivity index (χ3n) is 4.90. The Morgan fingerprint density at radius 3 is 2.14 bits per heavy atom. The van der Waals surface area contributed by atoms with Crippen LogP contribution in [0.2, 0.25) is 0 Å². The molecule has 1 fully saturated rings. The highest BCUT2D eigenvalue weighted by atomic mass is 16.5. The van der Waals surface area contributed by atoms with E-state index in [4.69, 9.17) is 27.1 Å². The zero-order valence-electron chi connectivity index (χ0n) is 16.3. The number of ketones is 1. The first-order chi connectivity index (χ1) is 14.2. The summed E-state index contributed by atoms with van der Waals surface area (Å²) in [4.78, 5) is 12.5. The van der Waals surface area contributed by atoms with Crippen LogP contribution in [0, 0.1) is 24.7 Å². The number of terminal acetylenes is 2. The molecular weight excluding hydrogens is 364 g/mol. The number of rotatable bonds is 8. The minimum absolute atomic E-state index is 0.00827. The van der Waals surface area contributed by atoms with E-state index < -0.39 is 0 Å². The average Bonchev–Trinajstić information content (AvgIpc) is 2.77. The molecule has 0 aromatic heterocycles. The van der Waals surface area contributed by atoms with Gasteiger partial charge in [0.1, 0.15) is 25.1 Å². The van der Waals surface area contributed by atoms with E-state index >= 15 is 0 Å². The molecule has 2 aromatic rings. The zero-order chi connectivity index (χ0) is 20.5. The molecule has 1 saturated carbocycles. The second-order valence-electron chi connectivity index (χ2n) is 6.88. The molecule has 1 aliphatic carbocycles. The minimum Gasteiger partial charge on any atom is -0.490 e. The van der Waals surface area contributed by atoms with E-state index in [0.29, 0.717) is 17.5 Å². The molecule has 1 aliphatic rings. The van der Waals surface area contributed by atoms with Crippen LogP contribution in [0.4, 0.5) is 0 Å². The van der Waals surface area contributed by atoms with Crippen LogP contribution in [0.15, 0.2) is 54.6 Å². The second-order valence-corrected chi connectivity index (χ2v) is 6.88. The number of carbonyl (C=O) groups excluding carboxylic acids is 1. The maximum absolute atomic E-state index is 12.5. The van der Waals surface area contributed by atoms with Crippen molar-refractivity contribution in [1.29, 1.82) is 0 Å². The van der Waals surface area contributed by atoms with Crippen molar-refractivity contribution in [2.75, 3.05) is 13.2 Å². The summed E-state index contributed by atoms with van der Waals surface area (Å²) in [5.41, 5.74) is 1.30. The Balaban J connectivity index is 1.60. The van der Waals surface area contributed by atoms with Crippen molar-refractivity contribution in [3.63, 3.8) is 0 Å². The summed E-state index contributed by atoms with van der Waals surface area (Å²) in [5.74, 6) is 5.70. The molecule has 3 unspecified atom stereocenters. The van der Waals surface area contributed by atoms with Gasteiger partial charge >= 0.3 is 0 Å². The van der Waals surface area contributed by atoms with Crippen LogP contribution in [0.5, 0.6) is 5.75 Å². The number of carbonyl (C=O) groups is 1. The fraction of sp³-hybridized carbons (Fsp3) is 0.320. The molecule has 0 bridgehead atoms. The molecule has 0 saturated heterocycles. The highest BCUT2D eigenvalue weighted by Crippen LogP contribution is 2.28. The maximum atomic E-state index is 12.5. The predicted molar refractivity (Wildman–Crippen MR) is 112 cm³/mol. The summed E-state index contributed by atoms with van der Waals surface area (Å²) in [6.07, 6.45) is 12.7. The lowest BCUT2D eigenvalue weighted by atomic mass is 9.92. The Morgan fingerprint density at radius 1 is 0.862 bits per heavy atom. The molecule has 0 spiro atoms. The Kier molecular flexibility index (Phi) is 7.47. The van der Waals surface area contributed by atoms with Gasteiger partial charge < -0.3 is 14.2 Å². The number of hydrogen-bond donors (Lipinski definition) is 0. The first-order valence-corrected chi connectivity index (χ1v) is 9.68. The van der Waals surface area contributed by atoms with E-state index in [9.17, 15) is 4.79 Å². The van der Waals surface area contributed by atoms with Crippen molar-refractivity contribution in [3.8, 4) is 30.4 Å². The quantitative estimate of drug-likeness (QED) is 0.508. The summed E-state index contributed by atoms with van der Waals surface area (Å²) in [6.45, 7) is 0.479. The van der Waals surface area contributed by atoms with E-state index in [1.165, 1.54) is 0 Å². The van der Waals surface area contributed by atoms with Crippen LogP contribution in [0.1, 0.15) is 35.2 Å². The molecule has 0 N–H and O–H groups in total. The number of hydrogen-bond acceptors (Lipinski definition) is 4. The molecule has 29 heavy (non-hydrogen) atoms. The topological polar surface area (TPSA) is 44.8 Å². The summed E-state index contributed by atoms with van der Waals surface area (Å²) >= 11 is 0. The monoisotopic (exact) mass is 388 g/mol. The zero-order valence-corrected chi connectivity index (χ0v) is 16.3. The SMILES string of the molecule is C#CCOC1CCC(Oc2ccc(C(=O)c3ccccc3)cc2)CC1OCC#C. The molecule has 0 radical (unpaired) electrons. The van der Waals surface area contributed by atoms with E-state index in [1.807, 2.05) is 42.5 Å². The van der Waals surface area contributed by atoms with Gasteiger partial charge in [-0.15, -0.1) is 12.8 Å². The summed E-state index contributed by atoms with van der Waals surface area (Å²) in [7, 11) is 0. The maximum Gasteiger partial charge on any atom is 0.193 e. The molecule has 0 heterocycles. The molecule has 3 rings (SSSR count). The molecule has 3 atom stereocenters. The first kappa shape index (κ1) is 20.7. The Bertz CT molecular complexity index is 874. The fourth-order valence-corrected chi connectivity index (χ4v) is 3.48. The highest BCUT2D eigenvalue weighted by Gasteiger charge is 2.33. The molecule has 4 nitrogen and oxygen atoms in total. The van der Waals surface area contributed by atoms with Crippen LogP contribution in [-0.2, 0) is 9.47 Å². The normalized spacial score (nSPS) is 21.0. The van der Waals surface area contributed by atoms with Crippen LogP contribution in [0.25, 0.3) is 0 Å². The van der Waals surface area contributed by atoms with Crippen molar-refractivity contribution >= 4 is 5.78 Å². The van der Waals surface area contributed by atoms with Crippen LogP contribution >= 0.6 is 0 Å². The van der Waals surface area contributed by atoms with Crippen LogP contribution < -0.4 is 4.74 Å². The third kappa shape index (κ3) is 5.72. The van der Waals surface area contributed by atoms with Crippen molar-refractivity contribution in [2.24, 2.45) is 0 Å². The molecule has 2 aromatic carbocycles. The van der Waals surface area contributed by atoms with Gasteiger partial charge in [-0.1, -0.05) is 42.2 Å². The van der Waals surface area contributed by atoms with Gasteiger partial charge in [0.25, 0.3) is 0 Å². The van der Waals surface area contributed by atoms with Gasteiger partial charge in [-0.25, -0.2) is 0 Å². The third-order valence-corrected chi connectivity index (χ3v) is 4.90. The average molecular weight is 388 g/mol. The number of benzene rings is 2. The lowest BCUT2D eigenvalue weighted by Gasteiger charge is -2.35. The summed E-state index contributed by atoms with van der Waals surface area (Å²) in [5, 5.41) is 0. The standard InChI is InChI=1S/C25H24O4/c1-3-16-27-23-15-14-22(18-24(23)28-17-4-2)29-21-12-10-20(11-13-21)25(26)19-8-6-5-7-9-19/h1-2,5-13,22-24H,14-18H2. The van der Waals surface area contributed by atoms with Gasteiger partial charge in [-0.3, -0.25) is 4.79 Å². The Morgan fingerprint density at radius 2 is 1.48 bits per heavy atom. The lowest BCUT2D eigenvalue weighted by molar-refractivity contribution is -0.0970. The van der Waals surface area contributed by atoms with Gasteiger partial charge in [0.05, 0.1) is 12.2 Å². The molecular formula is C25H24O4. The van der Waals surface area contributed by atoms with E-state index in [1.54, 1.807) is 12.1 Å². The van der Waals surface area contributed by atoms with Gasteiger partial charge in [0, 0.05) is 17.5 Å². The molecule has 4 heteroatoms. The van der Waals surface area contributed by atoms with Gasteiger partial charge in [0.15, 0.2) is 5.78 Å². The largest absolute Gasteiger partial charge is 0.490 e. The van der Waals surface area contributed by atoms with Crippen LogP contribution in [0.3, 0.4) is 0 Å². The van der Waals surface area contributed by atoms with Crippen molar-refractivity contribution in [1.82, 2.24) is 0 Å². The highest BCUT2D eigenvalue weighted by molar-refractivity contribution is 6.08. The van der Waals surface area contributed by atoms with E-state index in [2.05, 4.69) is 11.8 Å². The van der Waals surface area contributed by atoms with Crippen molar-refractivity contribution < 1.29 is 19.0 Å². The fourth-order valence-electron chi connectivity index (χ4n) is 3.48. The van der Waals surface area contributed by atoms with E-state index in [0.717, 1.165) is 18.6 Å². The van der Waals surface area contributed by atoms with Crippen molar-refractivity contribution in [2.45, 2.75) is 37.6 Å². The van der Waals surface area contributed by atoms with Crippen LogP contribution in [-0.4, -0.2) is 37.3 Å². The summed E-state index contributed by atoms with van der Waals surface area (Å²) < 4.78 is 17.6. The summed E-state index contributed by atoms with van der Waals surface area (Å²) in [6, 6.07) is 16.5. The Labute approximate surface area is 172 Å². The Hall–Kier alpha value is -3.05. The molecule has 0 aliphatic heterocycles. The van der Waals surface area contributed by atoms with E-state index in [-0.39, 0.29) is 37.3 Å². The predicted octanol–water partition coefficient (Wildman–Crippen LogP) is 3.89. The van der Waals surface area contributed by atoms with Crippen molar-refractivity contribution in [3.05, 3.63) is 65.7 Å². The lowest BCUT2D eigenvalue weighted by Crippen LogP contribution is -2.42. The second kappa shape index (κ2) is 10.5. The number of ether oxygens (including phenoxy) is 3. The minimum atomic E-state index is -0.155. The van der Waals surface area contributed by atoms with Gasteiger partial charge in [-0.2, -0.15) is 0 Å². The van der Waals surface area contributed by atoms with Gasteiger partial charge in [-0.05, 0) is 37.1 Å². The smallest absolute Gasteiger partial charge is 0.193 e. The van der Waals surface area contributed by atoms with Gasteiger partial charge in [0.2, 0.25) is 0 Å².